The summed E-state index contributed by atoms with van der Waals surface area (Å²) in [5, 5.41) is 0.115. The molecule has 3 rings (SSSR count). The van der Waals surface area contributed by atoms with E-state index in [4.69, 9.17) is 21.1 Å². The summed E-state index contributed by atoms with van der Waals surface area (Å²) < 4.78 is 11.8. The molecule has 0 N–H and O–H groups in total. The number of halogens is 3. The lowest BCUT2D eigenvalue weighted by molar-refractivity contribution is 0.0719. The Morgan fingerprint density at radius 2 is 1.37 bits per heavy atom. The second-order valence-electron chi connectivity index (χ2n) is 5.15. The number of esters is 2. The highest BCUT2D eigenvalue weighted by atomic mass is 79.9. The smallest absolute Gasteiger partial charge is 0.345 e. The van der Waals surface area contributed by atoms with E-state index in [2.05, 4.69) is 41.8 Å². The first-order chi connectivity index (χ1) is 12.9. The van der Waals surface area contributed by atoms with Crippen molar-refractivity contribution in [3.63, 3.8) is 0 Å². The van der Waals surface area contributed by atoms with Crippen molar-refractivity contribution >= 4 is 55.4 Å². The van der Waals surface area contributed by atoms with Gasteiger partial charge >= 0.3 is 11.9 Å². The van der Waals surface area contributed by atoms with Crippen molar-refractivity contribution in [1.29, 1.82) is 0 Å². The number of aromatic nitrogens is 2. The van der Waals surface area contributed by atoms with Crippen molar-refractivity contribution in [3.8, 4) is 11.5 Å². The van der Waals surface area contributed by atoms with E-state index in [0.29, 0.717) is 8.95 Å². The molecule has 0 aliphatic rings. The monoisotopic (exact) mass is 510 g/mol. The normalized spacial score (nSPS) is 10.3. The highest BCUT2D eigenvalue weighted by Gasteiger charge is 2.15. The van der Waals surface area contributed by atoms with Crippen LogP contribution in [0.25, 0.3) is 0 Å². The zero-order valence-electron chi connectivity index (χ0n) is 13.4. The first-order valence-corrected chi connectivity index (χ1v) is 9.34. The Morgan fingerprint density at radius 3 is 1.89 bits per heavy atom. The number of pyridine rings is 2. The largest absolute Gasteiger partial charge is 0.423 e. The fraction of sp³-hybridized carbons (Fsp3) is 0. The Balaban J connectivity index is 1.72. The number of carbonyl (C=O) groups is 2. The summed E-state index contributed by atoms with van der Waals surface area (Å²) in [6, 6.07) is 7.45. The van der Waals surface area contributed by atoms with Crippen LogP contribution in [0.2, 0.25) is 5.02 Å². The van der Waals surface area contributed by atoms with Crippen molar-refractivity contribution in [1.82, 2.24) is 9.97 Å². The number of carbonyl (C=O) groups excluding carboxylic acids is 2. The second kappa shape index (κ2) is 8.60. The van der Waals surface area contributed by atoms with Gasteiger partial charge in [0.05, 0.1) is 16.1 Å². The molecule has 3 aromatic rings. The molecule has 0 atom stereocenters. The summed E-state index contributed by atoms with van der Waals surface area (Å²) in [6.45, 7) is 0. The zero-order valence-corrected chi connectivity index (χ0v) is 17.3. The van der Waals surface area contributed by atoms with E-state index in [0.717, 1.165) is 0 Å². The molecule has 0 saturated heterocycles. The molecule has 2 aromatic heterocycles. The molecule has 27 heavy (non-hydrogen) atoms. The van der Waals surface area contributed by atoms with Crippen LogP contribution in [0, 0.1) is 0 Å². The maximum atomic E-state index is 12.2. The molecule has 0 spiro atoms. The molecule has 136 valence electrons. The maximum absolute atomic E-state index is 12.2. The molecular formula is C18H9Br2ClN2O4. The number of benzene rings is 1. The third kappa shape index (κ3) is 5.12. The van der Waals surface area contributed by atoms with Gasteiger partial charge in [-0.3, -0.25) is 9.97 Å². The van der Waals surface area contributed by atoms with Crippen molar-refractivity contribution in [2.24, 2.45) is 0 Å². The van der Waals surface area contributed by atoms with Gasteiger partial charge in [0, 0.05) is 39.8 Å². The van der Waals surface area contributed by atoms with Crippen LogP contribution >= 0.6 is 43.5 Å². The predicted octanol–water partition coefficient (Wildman–Crippen LogP) is 5.09. The van der Waals surface area contributed by atoms with Crippen LogP contribution in [0.4, 0.5) is 0 Å². The zero-order chi connectivity index (χ0) is 19.4. The highest BCUT2D eigenvalue weighted by Crippen LogP contribution is 2.30. The van der Waals surface area contributed by atoms with Crippen LogP contribution in [0.3, 0.4) is 0 Å². The lowest BCUT2D eigenvalue weighted by Crippen LogP contribution is -2.10. The van der Waals surface area contributed by atoms with E-state index < -0.39 is 11.9 Å². The van der Waals surface area contributed by atoms with Gasteiger partial charge in [-0.2, -0.15) is 0 Å². The van der Waals surface area contributed by atoms with Gasteiger partial charge in [0.25, 0.3) is 0 Å². The Labute approximate surface area is 175 Å². The summed E-state index contributed by atoms with van der Waals surface area (Å²) in [6.07, 6.45) is 5.87. The van der Waals surface area contributed by atoms with Crippen LogP contribution in [0.5, 0.6) is 11.5 Å². The molecule has 0 aliphatic heterocycles. The Bertz CT molecular complexity index is 1030. The van der Waals surface area contributed by atoms with Crippen LogP contribution in [0.15, 0.2) is 64.1 Å². The van der Waals surface area contributed by atoms with E-state index in [1.54, 1.807) is 24.5 Å². The van der Waals surface area contributed by atoms with Crippen molar-refractivity contribution in [2.45, 2.75) is 0 Å². The molecule has 0 fully saturated rings. The van der Waals surface area contributed by atoms with Gasteiger partial charge in [-0.15, -0.1) is 0 Å². The Morgan fingerprint density at radius 1 is 0.815 bits per heavy atom. The van der Waals surface area contributed by atoms with E-state index >= 15 is 0 Å². The van der Waals surface area contributed by atoms with Crippen molar-refractivity contribution in [3.05, 3.63) is 80.2 Å². The van der Waals surface area contributed by atoms with E-state index in [-0.39, 0.29) is 27.6 Å². The summed E-state index contributed by atoms with van der Waals surface area (Å²) in [7, 11) is 0. The molecule has 6 nitrogen and oxygen atoms in total. The lowest BCUT2D eigenvalue weighted by Gasteiger charge is -2.09. The number of ether oxygens (including phenoxy) is 2. The van der Waals surface area contributed by atoms with E-state index in [9.17, 15) is 9.59 Å². The van der Waals surface area contributed by atoms with Crippen LogP contribution in [-0.2, 0) is 0 Å². The van der Waals surface area contributed by atoms with Gasteiger partial charge in [-0.05, 0) is 56.1 Å². The fourth-order valence-corrected chi connectivity index (χ4v) is 2.94. The van der Waals surface area contributed by atoms with E-state index in [1.807, 2.05) is 0 Å². The molecule has 0 bridgehead atoms. The summed E-state index contributed by atoms with van der Waals surface area (Å²) in [5.74, 6) is -0.875. The topological polar surface area (TPSA) is 78.4 Å². The molecule has 0 radical (unpaired) electrons. The first kappa shape index (κ1) is 19.5. The summed E-state index contributed by atoms with van der Waals surface area (Å²) in [5.41, 5.74) is 0.538. The molecule has 1 aromatic carbocycles. The standard InChI is InChI=1S/C18H9Br2ClN2O4/c19-12-3-10(6-22-8-12)17(24)26-14-1-2-16(15(21)5-14)27-18(25)11-4-13(20)9-23-7-11/h1-9H. The summed E-state index contributed by atoms with van der Waals surface area (Å²) in [4.78, 5) is 32.1. The summed E-state index contributed by atoms with van der Waals surface area (Å²) >= 11 is 12.6. The molecule has 0 amide bonds. The molecule has 0 saturated carbocycles. The van der Waals surface area contributed by atoms with Gasteiger partial charge in [0.1, 0.15) is 11.5 Å². The van der Waals surface area contributed by atoms with Gasteiger partial charge in [-0.25, -0.2) is 9.59 Å². The predicted molar refractivity (Wildman–Crippen MR) is 105 cm³/mol. The van der Waals surface area contributed by atoms with Crippen LogP contribution in [0.1, 0.15) is 20.7 Å². The molecular weight excluding hydrogens is 503 g/mol. The molecule has 2 heterocycles. The fourth-order valence-electron chi connectivity index (χ4n) is 2.00. The maximum Gasteiger partial charge on any atom is 0.345 e. The second-order valence-corrected chi connectivity index (χ2v) is 7.39. The molecule has 0 aliphatic carbocycles. The minimum atomic E-state index is -0.615. The first-order valence-electron chi connectivity index (χ1n) is 7.37. The van der Waals surface area contributed by atoms with Crippen molar-refractivity contribution < 1.29 is 19.1 Å². The Hall–Kier alpha value is -2.29. The lowest BCUT2D eigenvalue weighted by atomic mass is 10.3. The number of rotatable bonds is 4. The average Bonchev–Trinajstić information content (AvgIpc) is 2.64. The third-order valence-electron chi connectivity index (χ3n) is 3.20. The van der Waals surface area contributed by atoms with Crippen LogP contribution in [-0.4, -0.2) is 21.9 Å². The third-order valence-corrected chi connectivity index (χ3v) is 4.36. The minimum absolute atomic E-state index is 0.115. The van der Waals surface area contributed by atoms with Gasteiger partial charge in [-0.1, -0.05) is 11.6 Å². The van der Waals surface area contributed by atoms with E-state index in [1.165, 1.54) is 30.6 Å². The minimum Gasteiger partial charge on any atom is -0.423 e. The van der Waals surface area contributed by atoms with Gasteiger partial charge in [0.2, 0.25) is 0 Å². The van der Waals surface area contributed by atoms with Gasteiger partial charge in [0.15, 0.2) is 0 Å². The van der Waals surface area contributed by atoms with Gasteiger partial charge < -0.3 is 9.47 Å². The quantitative estimate of drug-likeness (QED) is 0.358. The van der Waals surface area contributed by atoms with Crippen molar-refractivity contribution in [2.75, 3.05) is 0 Å². The Kier molecular flexibility index (Phi) is 6.20. The molecule has 0 unspecified atom stereocenters. The molecule has 9 heteroatoms. The number of hydrogen-bond acceptors (Lipinski definition) is 6. The van der Waals surface area contributed by atoms with Crippen LogP contribution < -0.4 is 9.47 Å². The highest BCUT2D eigenvalue weighted by molar-refractivity contribution is 9.10. The number of hydrogen-bond donors (Lipinski definition) is 0. The average molecular weight is 513 g/mol. The SMILES string of the molecule is O=C(Oc1ccc(OC(=O)c2cncc(Br)c2)c(Cl)c1)c1cncc(Br)c1. The number of nitrogens with zero attached hydrogens (tertiary/aromatic N) is 2.